The molecule has 5 heteroatoms. The number of unbranched alkanes of at least 4 members (excludes halogenated alkanes) is 2. The first-order valence-electron chi connectivity index (χ1n) is 9.68. The van der Waals surface area contributed by atoms with E-state index in [-0.39, 0.29) is 5.91 Å². The number of nitrogens with zero attached hydrogens (tertiary/aromatic N) is 3. The summed E-state index contributed by atoms with van der Waals surface area (Å²) < 4.78 is 2.82. The zero-order valence-corrected chi connectivity index (χ0v) is 17.6. The van der Waals surface area contributed by atoms with Crippen LogP contribution in [0.15, 0.2) is 53.3 Å². The molecule has 3 aromatic rings. The molecular formula is C22H26BrN3O. The van der Waals surface area contributed by atoms with Crippen molar-refractivity contribution >= 4 is 27.5 Å². The number of rotatable bonds is 8. The van der Waals surface area contributed by atoms with Crippen LogP contribution in [0, 0.1) is 0 Å². The number of pyridine rings is 1. The number of hydrogen-bond donors (Lipinski definition) is 0. The van der Waals surface area contributed by atoms with Crippen molar-refractivity contribution in [2.45, 2.75) is 39.5 Å². The van der Waals surface area contributed by atoms with Gasteiger partial charge in [-0.1, -0.05) is 57.0 Å². The van der Waals surface area contributed by atoms with Crippen molar-refractivity contribution in [2.75, 3.05) is 13.1 Å². The monoisotopic (exact) mass is 427 g/mol. The Bertz CT molecular complexity index is 897. The largest absolute Gasteiger partial charge is 0.339 e. The Morgan fingerprint density at radius 2 is 1.70 bits per heavy atom. The Morgan fingerprint density at radius 3 is 2.33 bits per heavy atom. The number of hydrogen-bond acceptors (Lipinski definition) is 2. The lowest BCUT2D eigenvalue weighted by Crippen LogP contribution is -2.33. The van der Waals surface area contributed by atoms with E-state index in [1.54, 1.807) is 0 Å². The Kier molecular flexibility index (Phi) is 6.67. The maximum atomic E-state index is 13.3. The van der Waals surface area contributed by atoms with Gasteiger partial charge in [0.05, 0.1) is 5.56 Å². The average molecular weight is 428 g/mol. The van der Waals surface area contributed by atoms with E-state index in [0.29, 0.717) is 11.2 Å². The van der Waals surface area contributed by atoms with Gasteiger partial charge >= 0.3 is 0 Å². The van der Waals surface area contributed by atoms with E-state index in [0.717, 1.165) is 54.6 Å². The third-order valence-electron chi connectivity index (χ3n) is 4.72. The number of amides is 1. The number of benzene rings is 1. The Balaban J connectivity index is 2.02. The Labute approximate surface area is 169 Å². The van der Waals surface area contributed by atoms with Crippen molar-refractivity contribution in [3.05, 3.63) is 58.8 Å². The highest BCUT2D eigenvalue weighted by atomic mass is 79.9. The minimum absolute atomic E-state index is 0.0691. The van der Waals surface area contributed by atoms with Crippen molar-refractivity contribution in [1.82, 2.24) is 14.3 Å². The molecule has 4 nitrogen and oxygen atoms in total. The number of halogens is 1. The average Bonchev–Trinajstić information content (AvgIpc) is 3.05. The second-order valence-corrected chi connectivity index (χ2v) is 7.48. The van der Waals surface area contributed by atoms with Gasteiger partial charge in [-0.3, -0.25) is 9.20 Å². The van der Waals surface area contributed by atoms with Gasteiger partial charge in [-0.2, -0.15) is 0 Å². The molecule has 2 aromatic heterocycles. The number of aromatic nitrogens is 2. The summed E-state index contributed by atoms with van der Waals surface area (Å²) in [5.74, 6) is 0.0691. The third kappa shape index (κ3) is 4.24. The van der Waals surface area contributed by atoms with Gasteiger partial charge in [0.15, 0.2) is 5.65 Å². The molecule has 0 bridgehead atoms. The summed E-state index contributed by atoms with van der Waals surface area (Å²) in [4.78, 5) is 20.1. The van der Waals surface area contributed by atoms with Crippen LogP contribution in [0.25, 0.3) is 16.9 Å². The molecule has 0 unspecified atom stereocenters. The van der Waals surface area contributed by atoms with Crippen molar-refractivity contribution < 1.29 is 4.79 Å². The lowest BCUT2D eigenvalue weighted by Gasteiger charge is -2.22. The summed E-state index contributed by atoms with van der Waals surface area (Å²) in [5.41, 5.74) is 3.24. The van der Waals surface area contributed by atoms with Gasteiger partial charge in [0, 0.05) is 24.8 Å². The predicted octanol–water partition coefficient (Wildman–Crippen LogP) is 5.81. The molecule has 27 heavy (non-hydrogen) atoms. The standard InChI is InChI=1S/C22H26BrN3O/c1-3-5-14-25(15-6-4-2)22(27)18-13-10-16-26-20(23)19(24-21(18)26)17-11-8-7-9-12-17/h7-13,16H,3-6,14-15H2,1-2H3. The van der Waals surface area contributed by atoms with Crippen LogP contribution in [0.5, 0.6) is 0 Å². The first-order valence-corrected chi connectivity index (χ1v) is 10.5. The topological polar surface area (TPSA) is 37.6 Å². The molecule has 0 aliphatic heterocycles. The van der Waals surface area contributed by atoms with E-state index in [1.807, 2.05) is 58.0 Å². The molecule has 0 spiro atoms. The van der Waals surface area contributed by atoms with Crippen LogP contribution in [-0.4, -0.2) is 33.3 Å². The molecule has 0 saturated carbocycles. The molecule has 142 valence electrons. The van der Waals surface area contributed by atoms with Gasteiger partial charge in [-0.25, -0.2) is 4.98 Å². The fraction of sp³-hybridized carbons (Fsp3) is 0.364. The highest BCUT2D eigenvalue weighted by molar-refractivity contribution is 9.10. The van der Waals surface area contributed by atoms with Crippen molar-refractivity contribution in [3.8, 4) is 11.3 Å². The first kappa shape index (κ1) is 19.6. The zero-order chi connectivity index (χ0) is 19.2. The minimum Gasteiger partial charge on any atom is -0.339 e. The van der Waals surface area contributed by atoms with Crippen LogP contribution in [0.3, 0.4) is 0 Å². The summed E-state index contributed by atoms with van der Waals surface area (Å²) in [6.45, 7) is 5.90. The van der Waals surface area contributed by atoms with Crippen LogP contribution in [0.1, 0.15) is 49.9 Å². The molecule has 1 amide bonds. The normalized spacial score (nSPS) is 11.1. The smallest absolute Gasteiger partial charge is 0.257 e. The van der Waals surface area contributed by atoms with E-state index in [1.165, 1.54) is 0 Å². The van der Waals surface area contributed by atoms with E-state index < -0.39 is 0 Å². The van der Waals surface area contributed by atoms with E-state index in [9.17, 15) is 4.79 Å². The zero-order valence-electron chi connectivity index (χ0n) is 16.0. The fourth-order valence-electron chi connectivity index (χ4n) is 3.17. The highest BCUT2D eigenvalue weighted by Gasteiger charge is 2.21. The summed E-state index contributed by atoms with van der Waals surface area (Å²) in [5, 5.41) is 0. The van der Waals surface area contributed by atoms with Crippen molar-refractivity contribution in [1.29, 1.82) is 0 Å². The van der Waals surface area contributed by atoms with E-state index >= 15 is 0 Å². The molecule has 0 saturated heterocycles. The van der Waals surface area contributed by atoms with Crippen LogP contribution in [0.2, 0.25) is 0 Å². The molecule has 0 fully saturated rings. The molecule has 0 N–H and O–H groups in total. The molecule has 0 aliphatic carbocycles. The van der Waals surface area contributed by atoms with Crippen LogP contribution < -0.4 is 0 Å². The molecule has 2 heterocycles. The maximum Gasteiger partial charge on any atom is 0.257 e. The van der Waals surface area contributed by atoms with Crippen LogP contribution in [-0.2, 0) is 0 Å². The van der Waals surface area contributed by atoms with Gasteiger partial charge in [-0.05, 0) is 40.9 Å². The Morgan fingerprint density at radius 1 is 1.04 bits per heavy atom. The molecular weight excluding hydrogens is 402 g/mol. The summed E-state index contributed by atoms with van der Waals surface area (Å²) in [6, 6.07) is 13.8. The highest BCUT2D eigenvalue weighted by Crippen LogP contribution is 2.30. The van der Waals surface area contributed by atoms with Gasteiger partial charge in [0.2, 0.25) is 0 Å². The van der Waals surface area contributed by atoms with E-state index in [2.05, 4.69) is 29.8 Å². The van der Waals surface area contributed by atoms with Crippen molar-refractivity contribution in [2.24, 2.45) is 0 Å². The molecule has 0 atom stereocenters. The second-order valence-electron chi connectivity index (χ2n) is 6.73. The number of carbonyl (C=O) groups is 1. The van der Waals surface area contributed by atoms with Gasteiger partial charge in [0.25, 0.3) is 5.91 Å². The number of fused-ring (bicyclic) bond motifs is 1. The van der Waals surface area contributed by atoms with Crippen LogP contribution >= 0.6 is 15.9 Å². The fourth-order valence-corrected chi connectivity index (χ4v) is 3.77. The minimum atomic E-state index is 0.0691. The lowest BCUT2D eigenvalue weighted by atomic mass is 10.2. The first-order chi connectivity index (χ1) is 13.2. The van der Waals surface area contributed by atoms with E-state index in [4.69, 9.17) is 4.98 Å². The molecule has 3 rings (SSSR count). The summed E-state index contributed by atoms with van der Waals surface area (Å²) in [7, 11) is 0. The predicted molar refractivity (Wildman–Crippen MR) is 114 cm³/mol. The number of carbonyl (C=O) groups excluding carboxylic acids is 1. The van der Waals surface area contributed by atoms with Gasteiger partial charge in [-0.15, -0.1) is 0 Å². The Hall–Kier alpha value is -2.14. The van der Waals surface area contributed by atoms with Gasteiger partial charge in [0.1, 0.15) is 10.3 Å². The number of imidazole rings is 1. The SMILES string of the molecule is CCCCN(CCCC)C(=O)c1cccn2c(Br)c(-c3ccccc3)nc12. The second kappa shape index (κ2) is 9.18. The van der Waals surface area contributed by atoms with Crippen molar-refractivity contribution in [3.63, 3.8) is 0 Å². The maximum absolute atomic E-state index is 13.3. The van der Waals surface area contributed by atoms with Gasteiger partial charge < -0.3 is 4.90 Å². The molecule has 0 radical (unpaired) electrons. The summed E-state index contributed by atoms with van der Waals surface area (Å²) >= 11 is 3.67. The van der Waals surface area contributed by atoms with Crippen LogP contribution in [0.4, 0.5) is 0 Å². The molecule has 0 aliphatic rings. The molecule has 1 aromatic carbocycles. The lowest BCUT2D eigenvalue weighted by molar-refractivity contribution is 0.0752. The quantitative estimate of drug-likeness (QED) is 0.454. The summed E-state index contributed by atoms with van der Waals surface area (Å²) in [6.07, 6.45) is 6.14. The third-order valence-corrected chi connectivity index (χ3v) is 5.48.